The topological polar surface area (TPSA) is 104 Å². The summed E-state index contributed by atoms with van der Waals surface area (Å²) >= 11 is 0. The third kappa shape index (κ3) is 2.55. The van der Waals surface area contributed by atoms with Gasteiger partial charge in [-0.1, -0.05) is 17.7 Å². The van der Waals surface area contributed by atoms with Crippen LogP contribution in [0.1, 0.15) is 54.3 Å². The molecule has 1 spiro atoms. The molecule has 0 saturated carbocycles. The first-order valence-corrected chi connectivity index (χ1v) is 8.86. The van der Waals surface area contributed by atoms with Crippen molar-refractivity contribution >= 4 is 11.6 Å². The molecule has 0 bridgehead atoms. The highest BCUT2D eigenvalue weighted by molar-refractivity contribution is 6.25. The highest BCUT2D eigenvalue weighted by atomic mass is 16.5. The molecular weight excluding hydrogens is 348 g/mol. The number of phenolic OH excluding ortho intramolecular Hbond substituents is 1. The van der Waals surface area contributed by atoms with E-state index in [9.17, 15) is 24.9 Å². The summed E-state index contributed by atoms with van der Waals surface area (Å²) in [5.41, 5.74) is -0.231. The van der Waals surface area contributed by atoms with Gasteiger partial charge in [-0.2, -0.15) is 0 Å². The Kier molecular flexibility index (Phi) is 4.74. The van der Waals surface area contributed by atoms with Gasteiger partial charge >= 0.3 is 0 Å². The molecular formula is C21H24O6. The summed E-state index contributed by atoms with van der Waals surface area (Å²) in [5.74, 6) is -1.46. The molecule has 0 radical (unpaired) electrons. The summed E-state index contributed by atoms with van der Waals surface area (Å²) in [6.07, 6.45) is 0.864. The fourth-order valence-electron chi connectivity index (χ4n) is 4.14. The average molecular weight is 372 g/mol. The van der Waals surface area contributed by atoms with Crippen LogP contribution in [0, 0.1) is 12.3 Å². The maximum Gasteiger partial charge on any atom is 0.186 e. The molecule has 1 aromatic carbocycles. The van der Waals surface area contributed by atoms with Gasteiger partial charge in [-0.3, -0.25) is 9.59 Å². The second-order valence-electron chi connectivity index (χ2n) is 7.43. The van der Waals surface area contributed by atoms with Crippen LogP contribution < -0.4 is 4.74 Å². The standard InChI is InChI=1S/C21H24O6/c1-10(2)5-6-12-7-8-14(23)21(18(12)24)19(25)15-13(22)9-11(3)17(27-4)16(15)20(21)26/h5,7,9,14,20,22-23,26H,6,8H2,1-4H3/t14-,20-,21+/m0/s1. The molecule has 0 fully saturated rings. The number of fused-ring (bicyclic) bond motifs is 1. The number of aromatic hydroxyl groups is 1. The summed E-state index contributed by atoms with van der Waals surface area (Å²) < 4.78 is 5.33. The molecule has 2 aliphatic carbocycles. The maximum atomic E-state index is 13.3. The van der Waals surface area contributed by atoms with E-state index in [1.54, 1.807) is 13.0 Å². The van der Waals surface area contributed by atoms with E-state index in [1.807, 2.05) is 19.9 Å². The van der Waals surface area contributed by atoms with Crippen molar-refractivity contribution in [2.75, 3.05) is 7.11 Å². The molecule has 0 heterocycles. The van der Waals surface area contributed by atoms with E-state index in [-0.39, 0.29) is 29.0 Å². The zero-order chi connectivity index (χ0) is 20.1. The largest absolute Gasteiger partial charge is 0.507 e. The molecule has 0 aliphatic heterocycles. The van der Waals surface area contributed by atoms with Gasteiger partial charge in [0.2, 0.25) is 0 Å². The van der Waals surface area contributed by atoms with E-state index >= 15 is 0 Å². The first-order chi connectivity index (χ1) is 12.7. The minimum absolute atomic E-state index is 0.0656. The third-order valence-corrected chi connectivity index (χ3v) is 5.50. The van der Waals surface area contributed by atoms with Crippen LogP contribution in [0.5, 0.6) is 11.5 Å². The molecule has 6 nitrogen and oxygen atoms in total. The van der Waals surface area contributed by atoms with Crippen LogP contribution in [0.3, 0.4) is 0 Å². The van der Waals surface area contributed by atoms with Crippen LogP contribution in [0.2, 0.25) is 0 Å². The molecule has 6 heteroatoms. The molecule has 0 aromatic heterocycles. The third-order valence-electron chi connectivity index (χ3n) is 5.50. The number of methoxy groups -OCH3 is 1. The number of aliphatic hydroxyl groups is 2. The van der Waals surface area contributed by atoms with Crippen LogP contribution in [-0.4, -0.2) is 40.1 Å². The number of carbonyl (C=O) groups excluding carboxylic acids is 2. The Balaban J connectivity index is 2.20. The Bertz CT molecular complexity index is 890. The number of benzene rings is 1. The molecule has 3 rings (SSSR count). The number of rotatable bonds is 3. The van der Waals surface area contributed by atoms with Crippen molar-refractivity contribution < 1.29 is 29.6 Å². The Morgan fingerprint density at radius 3 is 2.56 bits per heavy atom. The van der Waals surface area contributed by atoms with Crippen molar-refractivity contribution in [3.05, 3.63) is 46.1 Å². The van der Waals surface area contributed by atoms with Crippen LogP contribution in [-0.2, 0) is 4.79 Å². The first kappa shape index (κ1) is 19.3. The second-order valence-corrected chi connectivity index (χ2v) is 7.43. The van der Waals surface area contributed by atoms with Gasteiger partial charge in [-0.15, -0.1) is 0 Å². The van der Waals surface area contributed by atoms with Gasteiger partial charge in [-0.05, 0) is 50.8 Å². The lowest BCUT2D eigenvalue weighted by Gasteiger charge is -2.37. The van der Waals surface area contributed by atoms with Gasteiger partial charge in [0, 0.05) is 5.56 Å². The minimum atomic E-state index is -2.06. The van der Waals surface area contributed by atoms with Gasteiger partial charge in [0.1, 0.15) is 17.6 Å². The van der Waals surface area contributed by atoms with Gasteiger partial charge in [0.05, 0.1) is 18.8 Å². The molecule has 27 heavy (non-hydrogen) atoms. The van der Waals surface area contributed by atoms with Gasteiger partial charge in [0.25, 0.3) is 0 Å². The predicted octanol–water partition coefficient (Wildman–Crippen LogP) is 2.54. The Morgan fingerprint density at radius 1 is 1.30 bits per heavy atom. The zero-order valence-electron chi connectivity index (χ0n) is 15.9. The van der Waals surface area contributed by atoms with Gasteiger partial charge < -0.3 is 20.1 Å². The molecule has 3 atom stereocenters. The molecule has 1 aromatic rings. The van der Waals surface area contributed by atoms with Gasteiger partial charge in [-0.25, -0.2) is 0 Å². The average Bonchev–Trinajstić information content (AvgIpc) is 2.82. The fraction of sp³-hybridized carbons (Fsp3) is 0.429. The Hall–Kier alpha value is -2.44. The molecule has 0 unspecified atom stereocenters. The Labute approximate surface area is 157 Å². The maximum absolute atomic E-state index is 13.3. The van der Waals surface area contributed by atoms with Crippen LogP contribution in [0.15, 0.2) is 29.4 Å². The summed E-state index contributed by atoms with van der Waals surface area (Å²) in [7, 11) is 1.39. The number of ether oxygens (including phenoxy) is 1. The van der Waals surface area contributed by atoms with E-state index in [1.165, 1.54) is 13.2 Å². The highest BCUT2D eigenvalue weighted by Crippen LogP contribution is 2.57. The van der Waals surface area contributed by atoms with Crippen molar-refractivity contribution in [2.24, 2.45) is 5.41 Å². The zero-order valence-corrected chi connectivity index (χ0v) is 15.9. The number of aryl methyl sites for hydroxylation is 1. The quantitative estimate of drug-likeness (QED) is 0.556. The van der Waals surface area contributed by atoms with Crippen molar-refractivity contribution in [1.82, 2.24) is 0 Å². The molecule has 3 N–H and O–H groups in total. The number of phenols is 1. The first-order valence-electron chi connectivity index (χ1n) is 8.86. The predicted molar refractivity (Wildman–Crippen MR) is 98.9 cm³/mol. The summed E-state index contributed by atoms with van der Waals surface area (Å²) in [6.45, 7) is 5.46. The number of aliphatic hydroxyl groups excluding tert-OH is 2. The van der Waals surface area contributed by atoms with E-state index in [0.29, 0.717) is 17.6 Å². The van der Waals surface area contributed by atoms with Crippen molar-refractivity contribution in [2.45, 2.75) is 45.8 Å². The smallest absolute Gasteiger partial charge is 0.186 e. The van der Waals surface area contributed by atoms with E-state index in [2.05, 4.69) is 0 Å². The van der Waals surface area contributed by atoms with Crippen LogP contribution in [0.4, 0.5) is 0 Å². The molecule has 0 amide bonds. The molecule has 144 valence electrons. The minimum Gasteiger partial charge on any atom is -0.507 e. The number of Topliss-reactive ketones (excluding diaryl/α,β-unsaturated/α-hetero) is 2. The highest BCUT2D eigenvalue weighted by Gasteiger charge is 2.65. The lowest BCUT2D eigenvalue weighted by Crippen LogP contribution is -2.52. The van der Waals surface area contributed by atoms with E-state index in [4.69, 9.17) is 4.74 Å². The summed E-state index contributed by atoms with van der Waals surface area (Å²) in [6, 6.07) is 1.36. The Morgan fingerprint density at radius 2 is 1.96 bits per heavy atom. The van der Waals surface area contributed by atoms with Crippen LogP contribution >= 0.6 is 0 Å². The van der Waals surface area contributed by atoms with Crippen molar-refractivity contribution in [3.8, 4) is 11.5 Å². The fourth-order valence-corrected chi connectivity index (χ4v) is 4.14. The summed E-state index contributed by atoms with van der Waals surface area (Å²) in [5, 5.41) is 32.1. The lowest BCUT2D eigenvalue weighted by molar-refractivity contribution is -0.137. The normalized spacial score (nSPS) is 26.8. The second kappa shape index (κ2) is 6.62. The monoisotopic (exact) mass is 372 g/mol. The SMILES string of the molecule is COc1c(C)cc(O)c2c1[C@H](O)[C@]1(C(=O)C(CC=C(C)C)=CC[C@@H]1O)C2=O. The lowest BCUT2D eigenvalue weighted by atomic mass is 9.66. The molecule has 2 aliphatic rings. The van der Waals surface area contributed by atoms with Crippen molar-refractivity contribution in [3.63, 3.8) is 0 Å². The molecule has 0 saturated heterocycles. The number of hydrogen-bond donors (Lipinski definition) is 3. The van der Waals surface area contributed by atoms with Crippen molar-refractivity contribution in [1.29, 1.82) is 0 Å². The van der Waals surface area contributed by atoms with Crippen LogP contribution in [0.25, 0.3) is 0 Å². The number of ketones is 2. The number of allylic oxidation sites excluding steroid dienone is 3. The number of carbonyl (C=O) groups is 2. The van der Waals surface area contributed by atoms with E-state index < -0.39 is 29.2 Å². The van der Waals surface area contributed by atoms with E-state index in [0.717, 1.165) is 5.57 Å². The van der Waals surface area contributed by atoms with Gasteiger partial charge in [0.15, 0.2) is 17.0 Å². The summed E-state index contributed by atoms with van der Waals surface area (Å²) in [4.78, 5) is 26.6. The number of hydrogen-bond acceptors (Lipinski definition) is 6.